The number of anilines is 1. The second kappa shape index (κ2) is 12.2. The van der Waals surface area contributed by atoms with Crippen molar-refractivity contribution in [1.82, 2.24) is 10.2 Å². The van der Waals surface area contributed by atoms with Crippen molar-refractivity contribution in [3.8, 4) is 5.75 Å². The third kappa shape index (κ3) is 6.42. The summed E-state index contributed by atoms with van der Waals surface area (Å²) in [4.78, 5) is 27.6. The maximum Gasteiger partial charge on any atom is 0.264 e. The topological polar surface area (TPSA) is 96.0 Å². The van der Waals surface area contributed by atoms with Crippen LogP contribution in [-0.4, -0.2) is 58.4 Å². The van der Waals surface area contributed by atoms with Gasteiger partial charge in [0.05, 0.1) is 17.7 Å². The van der Waals surface area contributed by atoms with Gasteiger partial charge in [0, 0.05) is 13.6 Å². The number of carbonyl (C=O) groups is 2. The van der Waals surface area contributed by atoms with E-state index in [0.29, 0.717) is 17.9 Å². The number of hydrogen-bond acceptors (Lipinski definition) is 5. The Kier molecular flexibility index (Phi) is 9.08. The molecular weight excluding hydrogens is 478 g/mol. The fourth-order valence-corrected chi connectivity index (χ4v) is 5.21. The average molecular weight is 510 g/mol. The molecule has 0 aliphatic carbocycles. The van der Waals surface area contributed by atoms with Crippen molar-refractivity contribution in [3.05, 3.63) is 90.5 Å². The van der Waals surface area contributed by atoms with Gasteiger partial charge >= 0.3 is 0 Å². The minimum absolute atomic E-state index is 0.0591. The van der Waals surface area contributed by atoms with E-state index in [4.69, 9.17) is 4.74 Å². The number of rotatable bonds is 11. The maximum absolute atomic E-state index is 13.6. The normalized spacial score (nSPS) is 11.9. The summed E-state index contributed by atoms with van der Waals surface area (Å²) in [6.07, 6.45) is 0.516. The summed E-state index contributed by atoms with van der Waals surface area (Å²) in [7, 11) is -1.06. The van der Waals surface area contributed by atoms with Crippen LogP contribution in [0.25, 0.3) is 0 Å². The molecule has 0 bridgehead atoms. The largest absolute Gasteiger partial charge is 0.497 e. The van der Waals surface area contributed by atoms with Crippen molar-refractivity contribution in [2.45, 2.75) is 24.3 Å². The lowest BCUT2D eigenvalue weighted by atomic mass is 10.1. The molecule has 1 atom stereocenters. The minimum atomic E-state index is -4.08. The molecule has 0 spiro atoms. The van der Waals surface area contributed by atoms with E-state index >= 15 is 0 Å². The Morgan fingerprint density at radius 1 is 0.917 bits per heavy atom. The molecule has 0 heterocycles. The Labute approximate surface area is 212 Å². The van der Waals surface area contributed by atoms with Crippen molar-refractivity contribution >= 4 is 27.5 Å². The van der Waals surface area contributed by atoms with Gasteiger partial charge in [0.2, 0.25) is 11.8 Å². The van der Waals surface area contributed by atoms with Crippen molar-refractivity contribution < 1.29 is 22.7 Å². The molecule has 0 fully saturated rings. The molecule has 0 saturated heterocycles. The van der Waals surface area contributed by atoms with E-state index in [9.17, 15) is 18.0 Å². The number of hydrogen-bond donors (Lipinski definition) is 1. The summed E-state index contributed by atoms with van der Waals surface area (Å²) in [6, 6.07) is 23.2. The van der Waals surface area contributed by atoms with Crippen LogP contribution in [0, 0.1) is 0 Å². The second-order valence-electron chi connectivity index (χ2n) is 8.14. The molecule has 3 aromatic carbocycles. The number of ether oxygens (including phenoxy) is 1. The summed E-state index contributed by atoms with van der Waals surface area (Å²) < 4.78 is 33.5. The van der Waals surface area contributed by atoms with Crippen molar-refractivity contribution in [2.24, 2.45) is 0 Å². The van der Waals surface area contributed by atoms with Gasteiger partial charge in [0.25, 0.3) is 10.0 Å². The first-order valence-electron chi connectivity index (χ1n) is 11.5. The second-order valence-corrected chi connectivity index (χ2v) is 10.00. The highest BCUT2D eigenvalue weighted by molar-refractivity contribution is 7.92. The Bertz CT molecular complexity index is 1250. The fourth-order valence-electron chi connectivity index (χ4n) is 3.78. The molecule has 3 aromatic rings. The summed E-state index contributed by atoms with van der Waals surface area (Å²) in [5, 5.41) is 2.57. The van der Waals surface area contributed by atoms with Crippen LogP contribution in [0.4, 0.5) is 5.69 Å². The van der Waals surface area contributed by atoms with Gasteiger partial charge in [-0.15, -0.1) is 0 Å². The number of methoxy groups -OCH3 is 1. The predicted molar refractivity (Wildman–Crippen MR) is 139 cm³/mol. The molecule has 0 saturated carbocycles. The molecule has 1 N–H and O–H groups in total. The summed E-state index contributed by atoms with van der Waals surface area (Å²) >= 11 is 0. The highest BCUT2D eigenvalue weighted by Crippen LogP contribution is 2.26. The van der Waals surface area contributed by atoms with Crippen LogP contribution in [0.15, 0.2) is 89.8 Å². The Morgan fingerprint density at radius 3 is 2.06 bits per heavy atom. The predicted octanol–water partition coefficient (Wildman–Crippen LogP) is 3.10. The first kappa shape index (κ1) is 26.7. The van der Waals surface area contributed by atoms with Crippen LogP contribution in [0.2, 0.25) is 0 Å². The van der Waals surface area contributed by atoms with E-state index in [1.54, 1.807) is 49.4 Å². The number of carbonyl (C=O) groups excluding carboxylic acids is 2. The van der Waals surface area contributed by atoms with Crippen LogP contribution >= 0.6 is 0 Å². The number of likely N-dealkylation sites (N-methyl/N-ethyl adjacent to an activating group) is 1. The van der Waals surface area contributed by atoms with Gasteiger partial charge in [-0.1, -0.05) is 48.5 Å². The van der Waals surface area contributed by atoms with Gasteiger partial charge in [0.15, 0.2) is 0 Å². The Morgan fingerprint density at radius 2 is 1.50 bits per heavy atom. The van der Waals surface area contributed by atoms with Gasteiger partial charge in [0.1, 0.15) is 18.3 Å². The molecule has 2 amide bonds. The standard InChI is InChI=1S/C27H31N3O5S/c1-21(27(32)28-2)29(19-18-22-10-6-4-7-11-22)26(31)20-30(23-14-16-24(35-3)17-15-23)36(33,34)25-12-8-5-9-13-25/h4-17,21H,18-20H2,1-3H3,(H,28,32)/t21-/m1/s1. The molecular formula is C27H31N3O5S. The number of nitrogens with one attached hydrogen (secondary N) is 1. The number of sulfonamides is 1. The maximum atomic E-state index is 13.6. The molecule has 0 aromatic heterocycles. The third-order valence-electron chi connectivity index (χ3n) is 5.87. The molecule has 0 unspecified atom stereocenters. The van der Waals surface area contributed by atoms with E-state index in [1.807, 2.05) is 30.3 Å². The zero-order chi connectivity index (χ0) is 26.1. The third-order valence-corrected chi connectivity index (χ3v) is 7.66. The fraction of sp³-hybridized carbons (Fsp3) is 0.259. The van der Waals surface area contributed by atoms with Crippen LogP contribution in [0.1, 0.15) is 12.5 Å². The smallest absolute Gasteiger partial charge is 0.264 e. The van der Waals surface area contributed by atoms with Crippen molar-refractivity contribution in [3.63, 3.8) is 0 Å². The zero-order valence-corrected chi connectivity index (χ0v) is 21.4. The molecule has 0 aliphatic rings. The molecule has 36 heavy (non-hydrogen) atoms. The first-order valence-corrected chi connectivity index (χ1v) is 13.0. The van der Waals surface area contributed by atoms with Gasteiger partial charge in [-0.3, -0.25) is 13.9 Å². The van der Waals surface area contributed by atoms with E-state index in [1.165, 1.54) is 31.2 Å². The number of benzene rings is 3. The summed E-state index contributed by atoms with van der Waals surface area (Å²) in [5.74, 6) is -0.268. The van der Waals surface area contributed by atoms with E-state index in [2.05, 4.69) is 5.32 Å². The quantitative estimate of drug-likeness (QED) is 0.429. The average Bonchev–Trinajstić information content (AvgIpc) is 2.92. The molecule has 3 rings (SSSR count). The zero-order valence-electron chi connectivity index (χ0n) is 20.6. The minimum Gasteiger partial charge on any atom is -0.497 e. The Balaban J connectivity index is 1.96. The van der Waals surface area contributed by atoms with Crippen LogP contribution in [0.5, 0.6) is 5.75 Å². The first-order chi connectivity index (χ1) is 17.3. The van der Waals surface area contributed by atoms with Gasteiger partial charge in [-0.05, 0) is 55.3 Å². The molecule has 0 aliphatic heterocycles. The van der Waals surface area contributed by atoms with Gasteiger partial charge in [-0.25, -0.2) is 8.42 Å². The van der Waals surface area contributed by atoms with Crippen molar-refractivity contribution in [2.75, 3.05) is 31.6 Å². The lowest BCUT2D eigenvalue weighted by molar-refractivity contribution is -0.138. The highest BCUT2D eigenvalue weighted by atomic mass is 32.2. The highest BCUT2D eigenvalue weighted by Gasteiger charge is 2.32. The summed E-state index contributed by atoms with van der Waals surface area (Å²) in [6.45, 7) is 1.41. The van der Waals surface area contributed by atoms with Crippen molar-refractivity contribution in [1.29, 1.82) is 0 Å². The van der Waals surface area contributed by atoms with Gasteiger partial charge < -0.3 is 15.0 Å². The lowest BCUT2D eigenvalue weighted by Crippen LogP contribution is -2.51. The SMILES string of the molecule is CNC(=O)[C@@H](C)N(CCc1ccccc1)C(=O)CN(c1ccc(OC)cc1)S(=O)(=O)c1ccccc1. The van der Waals surface area contributed by atoms with Crippen LogP contribution < -0.4 is 14.4 Å². The Hall–Kier alpha value is -3.85. The monoisotopic (exact) mass is 509 g/mol. The summed E-state index contributed by atoms with van der Waals surface area (Å²) in [5.41, 5.74) is 1.31. The van der Waals surface area contributed by atoms with Crippen LogP contribution in [-0.2, 0) is 26.0 Å². The lowest BCUT2D eigenvalue weighted by Gasteiger charge is -2.31. The van der Waals surface area contributed by atoms with E-state index in [-0.39, 0.29) is 17.3 Å². The van der Waals surface area contributed by atoms with E-state index in [0.717, 1.165) is 9.87 Å². The van der Waals surface area contributed by atoms with Crippen LogP contribution in [0.3, 0.4) is 0 Å². The molecule has 9 heteroatoms. The molecule has 0 radical (unpaired) electrons. The molecule has 190 valence electrons. The number of amides is 2. The van der Waals surface area contributed by atoms with Gasteiger partial charge in [-0.2, -0.15) is 0 Å². The molecule has 8 nitrogen and oxygen atoms in total. The van der Waals surface area contributed by atoms with E-state index < -0.39 is 28.5 Å². The number of nitrogens with zero attached hydrogens (tertiary/aromatic N) is 2.